The third-order valence-electron chi connectivity index (χ3n) is 6.96. The van der Waals surface area contributed by atoms with Gasteiger partial charge in [0.25, 0.3) is 11.5 Å². The number of morpholine rings is 1. The normalized spacial score (nSPS) is 13.6. The molecule has 0 unspecified atom stereocenters. The highest BCUT2D eigenvalue weighted by atomic mass is 16.5. The molecule has 6 rings (SSSR count). The first kappa shape index (κ1) is 27.0. The molecule has 1 aliphatic heterocycles. The predicted octanol–water partition coefficient (Wildman–Crippen LogP) is 3.95. The van der Waals surface area contributed by atoms with E-state index in [1.807, 2.05) is 24.3 Å². The largest absolute Gasteiger partial charge is 0.496 e. The van der Waals surface area contributed by atoms with Gasteiger partial charge >= 0.3 is 0 Å². The molecule has 0 saturated carbocycles. The molecular formula is C31H28N4O7. The van der Waals surface area contributed by atoms with Gasteiger partial charge in [0.1, 0.15) is 11.3 Å². The van der Waals surface area contributed by atoms with Crippen LogP contribution >= 0.6 is 0 Å². The van der Waals surface area contributed by atoms with Gasteiger partial charge in [-0.1, -0.05) is 24.3 Å². The quantitative estimate of drug-likeness (QED) is 0.258. The maximum atomic E-state index is 13.7. The van der Waals surface area contributed by atoms with E-state index in [4.69, 9.17) is 28.3 Å². The molecule has 11 heteroatoms. The summed E-state index contributed by atoms with van der Waals surface area (Å²) in [4.78, 5) is 32.9. The zero-order valence-electron chi connectivity index (χ0n) is 23.1. The Bertz CT molecular complexity index is 1850. The molecule has 11 nitrogen and oxygen atoms in total. The number of furan rings is 1. The minimum Gasteiger partial charge on any atom is -0.496 e. The maximum absolute atomic E-state index is 13.7. The fraction of sp³-hybridized carbons (Fsp3) is 0.226. The van der Waals surface area contributed by atoms with Gasteiger partial charge in [0.15, 0.2) is 23.9 Å². The summed E-state index contributed by atoms with van der Waals surface area (Å²) < 4.78 is 29.6. The lowest BCUT2D eigenvalue weighted by molar-refractivity contribution is -0.137. The molecule has 0 atom stereocenters. The van der Waals surface area contributed by atoms with Crippen LogP contribution < -0.4 is 19.8 Å². The van der Waals surface area contributed by atoms with Crippen molar-refractivity contribution in [2.45, 2.75) is 0 Å². The minimum atomic E-state index is -0.382. The van der Waals surface area contributed by atoms with E-state index in [0.29, 0.717) is 71.4 Å². The Morgan fingerprint density at radius 2 is 1.74 bits per heavy atom. The number of para-hydroxylation sites is 2. The molecular weight excluding hydrogens is 540 g/mol. The van der Waals surface area contributed by atoms with Gasteiger partial charge in [0, 0.05) is 18.7 Å². The van der Waals surface area contributed by atoms with Crippen LogP contribution in [0.5, 0.6) is 17.2 Å². The molecule has 214 valence electrons. The molecule has 2 aromatic heterocycles. The van der Waals surface area contributed by atoms with Crippen LogP contribution in [0.25, 0.3) is 33.5 Å². The van der Waals surface area contributed by atoms with E-state index in [0.717, 1.165) is 5.39 Å². The van der Waals surface area contributed by atoms with E-state index in [9.17, 15) is 9.59 Å². The van der Waals surface area contributed by atoms with Crippen molar-refractivity contribution >= 4 is 34.0 Å². The van der Waals surface area contributed by atoms with Gasteiger partial charge in [-0.05, 0) is 42.5 Å². The lowest BCUT2D eigenvalue weighted by Gasteiger charge is -2.27. The first-order valence-corrected chi connectivity index (χ1v) is 13.4. The van der Waals surface area contributed by atoms with Gasteiger partial charge < -0.3 is 28.3 Å². The Morgan fingerprint density at radius 3 is 2.55 bits per heavy atom. The summed E-state index contributed by atoms with van der Waals surface area (Å²) in [7, 11) is 3.09. The molecule has 1 fully saturated rings. The molecule has 3 aromatic carbocycles. The molecule has 5 aromatic rings. The zero-order chi connectivity index (χ0) is 29.1. The Balaban J connectivity index is 1.41. The van der Waals surface area contributed by atoms with Gasteiger partial charge in [0.2, 0.25) is 5.82 Å². The van der Waals surface area contributed by atoms with E-state index in [1.54, 1.807) is 54.5 Å². The number of rotatable bonds is 8. The number of nitrogens with zero attached hydrogens (tertiary/aromatic N) is 4. The molecule has 3 heterocycles. The number of benzene rings is 3. The molecule has 1 amide bonds. The summed E-state index contributed by atoms with van der Waals surface area (Å²) in [6, 6.07) is 19.5. The monoisotopic (exact) mass is 568 g/mol. The van der Waals surface area contributed by atoms with Crippen molar-refractivity contribution in [3.8, 4) is 28.8 Å². The van der Waals surface area contributed by atoms with Crippen LogP contribution in [0.2, 0.25) is 0 Å². The van der Waals surface area contributed by atoms with Gasteiger partial charge in [-0.25, -0.2) is 4.98 Å². The summed E-state index contributed by atoms with van der Waals surface area (Å²) in [5.74, 6) is 1.76. The molecule has 42 heavy (non-hydrogen) atoms. The number of hydrogen-bond acceptors (Lipinski definition) is 9. The lowest BCUT2D eigenvalue weighted by Crippen LogP contribution is -2.43. The van der Waals surface area contributed by atoms with Crippen molar-refractivity contribution < 1.29 is 28.2 Å². The molecule has 0 aliphatic carbocycles. The SMILES string of the molecule is COc1cccc(C=Nn2c(-c3cc4c(OC)cccc4o3)nc3ccccc3c2=O)c1OCC(=O)N1CCOCC1. The zero-order valence-corrected chi connectivity index (χ0v) is 23.1. The number of hydrogen-bond donors (Lipinski definition) is 0. The molecule has 0 bridgehead atoms. The second-order valence-corrected chi connectivity index (χ2v) is 9.46. The van der Waals surface area contributed by atoms with E-state index in [1.165, 1.54) is 18.0 Å². The van der Waals surface area contributed by atoms with Crippen molar-refractivity contribution in [2.24, 2.45) is 5.10 Å². The third-order valence-corrected chi connectivity index (χ3v) is 6.96. The summed E-state index contributed by atoms with van der Waals surface area (Å²) in [6.07, 6.45) is 1.47. The number of fused-ring (bicyclic) bond motifs is 2. The van der Waals surface area contributed by atoms with Gasteiger partial charge in [-0.15, -0.1) is 0 Å². The second kappa shape index (κ2) is 11.8. The molecule has 1 saturated heterocycles. The Morgan fingerprint density at radius 1 is 0.976 bits per heavy atom. The third kappa shape index (κ3) is 5.17. The first-order valence-electron chi connectivity index (χ1n) is 13.4. The van der Waals surface area contributed by atoms with E-state index < -0.39 is 0 Å². The van der Waals surface area contributed by atoms with Crippen molar-refractivity contribution in [3.05, 3.63) is 82.6 Å². The van der Waals surface area contributed by atoms with Crippen molar-refractivity contribution in [3.63, 3.8) is 0 Å². The standard InChI is InChI=1S/C31H28N4O7/c1-38-24-10-6-11-25-22(24)17-27(42-25)30-33-23-9-4-3-8-21(23)31(37)35(30)32-18-20-7-5-12-26(39-2)29(20)41-19-28(36)34-13-15-40-16-14-34/h3-12,17-18H,13-16,19H2,1-2H3. The molecule has 0 N–H and O–H groups in total. The Hall–Kier alpha value is -5.16. The maximum Gasteiger partial charge on any atom is 0.282 e. The van der Waals surface area contributed by atoms with E-state index in [2.05, 4.69) is 5.10 Å². The fourth-order valence-corrected chi connectivity index (χ4v) is 4.82. The van der Waals surface area contributed by atoms with Crippen LogP contribution in [-0.2, 0) is 9.53 Å². The minimum absolute atomic E-state index is 0.162. The van der Waals surface area contributed by atoms with Gasteiger partial charge in [0.05, 0.1) is 49.9 Å². The van der Waals surface area contributed by atoms with Crippen LogP contribution in [0, 0.1) is 0 Å². The highest BCUT2D eigenvalue weighted by Gasteiger charge is 2.20. The Kier molecular flexibility index (Phi) is 7.56. The van der Waals surface area contributed by atoms with Gasteiger partial charge in [-0.2, -0.15) is 9.78 Å². The van der Waals surface area contributed by atoms with Crippen molar-refractivity contribution in [1.29, 1.82) is 0 Å². The molecule has 0 radical (unpaired) electrons. The highest BCUT2D eigenvalue weighted by Crippen LogP contribution is 2.33. The summed E-state index contributed by atoms with van der Waals surface area (Å²) in [5, 5.41) is 5.68. The number of carbonyl (C=O) groups excluding carboxylic acids is 1. The lowest BCUT2D eigenvalue weighted by atomic mass is 10.2. The number of aromatic nitrogens is 2. The average Bonchev–Trinajstić information content (AvgIpc) is 3.48. The molecule has 0 spiro atoms. The number of methoxy groups -OCH3 is 2. The summed E-state index contributed by atoms with van der Waals surface area (Å²) >= 11 is 0. The number of carbonyl (C=O) groups is 1. The van der Waals surface area contributed by atoms with Crippen LogP contribution in [0.1, 0.15) is 5.56 Å². The second-order valence-electron chi connectivity index (χ2n) is 9.46. The highest BCUT2D eigenvalue weighted by molar-refractivity contribution is 5.89. The molecule has 1 aliphatic rings. The predicted molar refractivity (Wildman–Crippen MR) is 157 cm³/mol. The van der Waals surface area contributed by atoms with Crippen LogP contribution in [-0.4, -0.2) is 73.8 Å². The van der Waals surface area contributed by atoms with Gasteiger partial charge in [-0.3, -0.25) is 9.59 Å². The van der Waals surface area contributed by atoms with E-state index in [-0.39, 0.29) is 23.9 Å². The average molecular weight is 569 g/mol. The first-order chi connectivity index (χ1) is 20.6. The van der Waals surface area contributed by atoms with Crippen molar-refractivity contribution in [1.82, 2.24) is 14.6 Å². The summed E-state index contributed by atoms with van der Waals surface area (Å²) in [6.45, 7) is 1.82. The fourth-order valence-electron chi connectivity index (χ4n) is 4.82. The smallest absolute Gasteiger partial charge is 0.282 e. The summed E-state index contributed by atoms with van der Waals surface area (Å²) in [5.41, 5.74) is 1.20. The van der Waals surface area contributed by atoms with Crippen LogP contribution in [0.15, 0.2) is 81.0 Å². The Labute approximate surface area is 240 Å². The number of ether oxygens (including phenoxy) is 4. The topological polar surface area (TPSA) is 118 Å². The van der Waals surface area contributed by atoms with Crippen LogP contribution in [0.4, 0.5) is 0 Å². The van der Waals surface area contributed by atoms with Crippen LogP contribution in [0.3, 0.4) is 0 Å². The van der Waals surface area contributed by atoms with Crippen molar-refractivity contribution in [2.75, 3.05) is 47.1 Å². The number of amides is 1. The van der Waals surface area contributed by atoms with E-state index >= 15 is 0 Å².